The number of hydrogen-bond acceptors (Lipinski definition) is 16. The maximum absolute atomic E-state index is 11.8. The van der Waals surface area contributed by atoms with E-state index in [9.17, 15) is 27.4 Å². The molecule has 1 aliphatic heterocycles. The van der Waals surface area contributed by atoms with E-state index in [0.29, 0.717) is 57.0 Å². The van der Waals surface area contributed by atoms with E-state index in [-0.39, 0.29) is 60.9 Å². The van der Waals surface area contributed by atoms with Crippen LogP contribution < -0.4 is 34.3 Å². The van der Waals surface area contributed by atoms with E-state index in [4.69, 9.17) is 23.7 Å². The fraction of sp³-hybridized carbons (Fsp3) is 0.542. The van der Waals surface area contributed by atoms with E-state index in [0.717, 1.165) is 5.56 Å². The maximum Gasteiger partial charge on any atom is 1.00 e. The van der Waals surface area contributed by atoms with E-state index < -0.39 is 39.6 Å². The predicted molar refractivity (Wildman–Crippen MR) is 137 cm³/mol. The first-order chi connectivity index (χ1) is 20.1. The van der Waals surface area contributed by atoms with Gasteiger partial charge in [-0.05, 0) is 31.2 Å². The van der Waals surface area contributed by atoms with Crippen molar-refractivity contribution in [1.82, 2.24) is 25.5 Å². The van der Waals surface area contributed by atoms with Crippen molar-refractivity contribution in [2.75, 3.05) is 59.5 Å². The van der Waals surface area contributed by atoms with Gasteiger partial charge < -0.3 is 33.1 Å². The largest absolute Gasteiger partial charge is 1.00 e. The van der Waals surface area contributed by atoms with Crippen LogP contribution in [0.4, 0.5) is 0 Å². The molecule has 1 fully saturated rings. The second-order valence-corrected chi connectivity index (χ2v) is 10.1. The molecule has 19 heteroatoms. The van der Waals surface area contributed by atoms with Gasteiger partial charge >= 0.3 is 35.5 Å². The number of amides is 2. The molecule has 1 atom stereocenters. The van der Waals surface area contributed by atoms with E-state index in [2.05, 4.69) is 25.2 Å². The van der Waals surface area contributed by atoms with Gasteiger partial charge in [-0.2, -0.15) is 0 Å². The molecule has 2 aromatic rings. The van der Waals surface area contributed by atoms with Crippen molar-refractivity contribution in [3.8, 4) is 17.1 Å². The van der Waals surface area contributed by atoms with Gasteiger partial charge in [0.25, 0.3) is 11.8 Å². The summed E-state index contributed by atoms with van der Waals surface area (Å²) < 4.78 is 59.9. The van der Waals surface area contributed by atoms with Crippen molar-refractivity contribution in [3.63, 3.8) is 0 Å². The fourth-order valence-corrected chi connectivity index (χ4v) is 3.97. The molecule has 0 saturated carbocycles. The molecule has 1 unspecified atom stereocenters. The topological polar surface area (TPSA) is 219 Å². The normalized spacial score (nSPS) is 14.9. The Bertz CT molecular complexity index is 1280. The van der Waals surface area contributed by atoms with Crippen molar-refractivity contribution in [2.45, 2.75) is 25.0 Å². The van der Waals surface area contributed by atoms with Crippen LogP contribution in [0.5, 0.6) is 5.75 Å². The molecular formula is C24H30N5NaO12S. The minimum absolute atomic E-state index is 0. The van der Waals surface area contributed by atoms with Crippen LogP contribution >= 0.6 is 0 Å². The van der Waals surface area contributed by atoms with Gasteiger partial charge in [-0.25, -0.2) is 13.2 Å². The molecule has 1 saturated heterocycles. The molecule has 0 radical (unpaired) electrons. The molecule has 0 N–H and O–H groups in total. The zero-order chi connectivity index (χ0) is 30.4. The van der Waals surface area contributed by atoms with Crippen LogP contribution in [0.1, 0.15) is 18.7 Å². The second kappa shape index (κ2) is 18.9. The van der Waals surface area contributed by atoms with E-state index in [1.807, 2.05) is 12.1 Å². The van der Waals surface area contributed by atoms with Crippen LogP contribution in [-0.4, -0.2) is 121 Å². The number of hydrogen-bond donors (Lipinski definition) is 0. The first kappa shape index (κ1) is 36.5. The van der Waals surface area contributed by atoms with Gasteiger partial charge in [-0.15, -0.1) is 25.5 Å². The summed E-state index contributed by atoms with van der Waals surface area (Å²) in [5.41, 5.74) is 0.780. The molecule has 230 valence electrons. The number of aryl methyl sites for hydroxylation is 1. The number of benzene rings is 1. The van der Waals surface area contributed by atoms with Crippen molar-refractivity contribution >= 4 is 27.9 Å². The summed E-state index contributed by atoms with van der Waals surface area (Å²) in [6.07, 6.45) is -1.18. The number of rotatable bonds is 19. The van der Waals surface area contributed by atoms with Crippen molar-refractivity contribution in [2.24, 2.45) is 0 Å². The summed E-state index contributed by atoms with van der Waals surface area (Å²) in [6.45, 7) is 4.16. The Kier molecular flexibility index (Phi) is 16.0. The summed E-state index contributed by atoms with van der Waals surface area (Å²) >= 11 is 0. The van der Waals surface area contributed by atoms with Crippen LogP contribution in [0.25, 0.3) is 11.4 Å². The molecule has 43 heavy (non-hydrogen) atoms. The predicted octanol–water partition coefficient (Wildman–Crippen LogP) is -3.79. The van der Waals surface area contributed by atoms with Gasteiger partial charge in [-0.1, -0.05) is 0 Å². The zero-order valence-electron chi connectivity index (χ0n) is 23.7. The summed E-state index contributed by atoms with van der Waals surface area (Å²) in [5.74, 6) is -1.85. The van der Waals surface area contributed by atoms with Crippen molar-refractivity contribution < 1.29 is 85.4 Å². The SMILES string of the molecule is Cc1nnc(-c2ccc(OCCOCCOCCOCCOCCC(=O)ON3C(=O)CC(S(=O)(=O)[O-])C3=O)cc2)nn1.[Na+]. The Morgan fingerprint density at radius 1 is 0.860 bits per heavy atom. The number of carbonyl (C=O) groups excluding carboxylic acids is 3. The molecule has 0 bridgehead atoms. The maximum atomic E-state index is 11.8. The second-order valence-electron chi connectivity index (χ2n) is 8.52. The van der Waals surface area contributed by atoms with E-state index in [1.165, 1.54) is 0 Å². The number of aromatic nitrogens is 4. The van der Waals surface area contributed by atoms with E-state index in [1.54, 1.807) is 19.1 Å². The number of nitrogens with zero attached hydrogens (tertiary/aromatic N) is 5. The first-order valence-electron chi connectivity index (χ1n) is 12.8. The molecule has 1 aromatic heterocycles. The van der Waals surface area contributed by atoms with Gasteiger partial charge in [0.2, 0.25) is 5.82 Å². The molecule has 17 nitrogen and oxygen atoms in total. The third kappa shape index (κ3) is 12.8. The van der Waals surface area contributed by atoms with Gasteiger partial charge in [0.15, 0.2) is 5.82 Å². The molecule has 3 rings (SSSR count). The Labute approximate surface area is 269 Å². The molecule has 0 spiro atoms. The number of carbonyl (C=O) groups is 3. The summed E-state index contributed by atoms with van der Waals surface area (Å²) in [5, 5.41) is 13.7. The standard InChI is InChI=1S/C24H31N5O12S.Na/c1-17-25-27-23(28-26-17)18-2-4-19(5-3-18)40-15-14-39-13-12-38-11-10-37-9-8-36-7-6-22(31)41-29-21(30)16-20(24(29)32)42(33,34)35;/h2-5,20H,6-16H2,1H3,(H,33,34,35);/q;+1/p-1. The molecule has 2 amide bonds. The van der Waals surface area contributed by atoms with Crippen LogP contribution in [0.15, 0.2) is 24.3 Å². The number of imide groups is 1. The third-order valence-electron chi connectivity index (χ3n) is 5.36. The summed E-state index contributed by atoms with van der Waals surface area (Å²) in [6, 6.07) is 7.23. The Hall–Kier alpha value is -2.68. The molecular weight excluding hydrogens is 605 g/mol. The minimum Gasteiger partial charge on any atom is -0.747 e. The average Bonchev–Trinajstić information content (AvgIpc) is 3.25. The molecule has 1 aromatic carbocycles. The van der Waals surface area contributed by atoms with Crippen molar-refractivity contribution in [3.05, 3.63) is 30.1 Å². The smallest absolute Gasteiger partial charge is 0.747 e. The van der Waals surface area contributed by atoms with Crippen molar-refractivity contribution in [1.29, 1.82) is 0 Å². The average molecular weight is 636 g/mol. The molecule has 0 aliphatic carbocycles. The van der Waals surface area contributed by atoms with Crippen LogP contribution in [0.2, 0.25) is 0 Å². The Morgan fingerprint density at radius 3 is 1.88 bits per heavy atom. The Morgan fingerprint density at radius 2 is 1.37 bits per heavy atom. The summed E-state index contributed by atoms with van der Waals surface area (Å²) in [7, 11) is -5.03. The number of ether oxygens (including phenoxy) is 5. The third-order valence-corrected chi connectivity index (χ3v) is 6.42. The molecule has 1 aliphatic rings. The fourth-order valence-electron chi connectivity index (χ4n) is 3.28. The molecule has 2 heterocycles. The minimum atomic E-state index is -5.03. The van der Waals surface area contributed by atoms with Crippen LogP contribution in [0, 0.1) is 6.92 Å². The van der Waals surface area contributed by atoms with E-state index >= 15 is 0 Å². The summed E-state index contributed by atoms with van der Waals surface area (Å²) in [4.78, 5) is 39.7. The van der Waals surface area contributed by atoms with Crippen LogP contribution in [0.3, 0.4) is 0 Å². The zero-order valence-corrected chi connectivity index (χ0v) is 26.5. The van der Waals surface area contributed by atoms with Crippen LogP contribution in [-0.2, 0) is 48.3 Å². The quantitative estimate of drug-likeness (QED) is 0.0626. The first-order valence-corrected chi connectivity index (χ1v) is 14.2. The van der Waals surface area contributed by atoms with Gasteiger partial charge in [0, 0.05) is 5.56 Å². The van der Waals surface area contributed by atoms with Gasteiger partial charge in [-0.3, -0.25) is 9.59 Å². The van der Waals surface area contributed by atoms with Gasteiger partial charge in [0.1, 0.15) is 27.7 Å². The Balaban J connectivity index is 0.00000645. The van der Waals surface area contributed by atoms with Gasteiger partial charge in [0.05, 0.1) is 65.7 Å². The number of hydroxylamine groups is 2. The monoisotopic (exact) mass is 635 g/mol.